The maximum atomic E-state index is 12.8. The number of amides is 1. The van der Waals surface area contributed by atoms with Crippen molar-refractivity contribution < 1.29 is 32.9 Å². The molecule has 0 fully saturated rings. The molecule has 0 aliphatic carbocycles. The van der Waals surface area contributed by atoms with E-state index in [1.54, 1.807) is 0 Å². The Hall–Kier alpha value is -2.32. The van der Waals surface area contributed by atoms with Crippen LogP contribution in [0.4, 0.5) is 0 Å². The summed E-state index contributed by atoms with van der Waals surface area (Å²) in [7, 11) is 1.27. The fourth-order valence-corrected chi connectivity index (χ4v) is 6.39. The van der Waals surface area contributed by atoms with Crippen molar-refractivity contribution in [3.05, 3.63) is 85.1 Å². The zero-order chi connectivity index (χ0) is 41.4. The molecule has 0 rings (SSSR count). The van der Waals surface area contributed by atoms with Gasteiger partial charge in [-0.3, -0.25) is 9.36 Å². The lowest BCUT2D eigenvalue weighted by atomic mass is 10.0. The predicted octanol–water partition coefficient (Wildman–Crippen LogP) is 11.6. The zero-order valence-corrected chi connectivity index (χ0v) is 37.2. The van der Waals surface area contributed by atoms with Gasteiger partial charge in [0, 0.05) is 6.42 Å². The van der Waals surface area contributed by atoms with Crippen molar-refractivity contribution >= 4 is 13.7 Å². The first-order chi connectivity index (χ1) is 27.0. The number of unbranched alkanes of at least 4 members (excludes halogenated alkanes) is 11. The number of hydrogen-bond acceptors (Lipinski definition) is 6. The van der Waals surface area contributed by atoms with Crippen LogP contribution in [0.3, 0.4) is 0 Å². The highest BCUT2D eigenvalue weighted by Crippen LogP contribution is 2.38. The van der Waals surface area contributed by atoms with Gasteiger partial charge < -0.3 is 28.8 Å². The lowest BCUT2D eigenvalue weighted by Crippen LogP contribution is -2.46. The highest BCUT2D eigenvalue weighted by molar-refractivity contribution is 7.45. The minimum absolute atomic E-state index is 0.00248. The van der Waals surface area contributed by atoms with Gasteiger partial charge >= 0.3 is 0 Å². The molecule has 8 nitrogen and oxygen atoms in total. The summed E-state index contributed by atoms with van der Waals surface area (Å²) in [5.74, 6) is -0.193. The van der Waals surface area contributed by atoms with Crippen LogP contribution in [-0.4, -0.2) is 68.5 Å². The first-order valence-corrected chi connectivity index (χ1v) is 23.4. The third kappa shape index (κ3) is 39.9. The van der Waals surface area contributed by atoms with E-state index in [0.717, 1.165) is 103 Å². The number of phosphoric acid groups is 1. The second-order valence-electron chi connectivity index (χ2n) is 15.7. The number of aliphatic hydroxyl groups is 1. The number of rotatable bonds is 38. The number of carbonyl (C=O) groups excluding carboxylic acids is 1. The Bertz CT molecular complexity index is 1180. The third-order valence-electron chi connectivity index (χ3n) is 9.15. The molecule has 0 heterocycles. The van der Waals surface area contributed by atoms with Crippen LogP contribution >= 0.6 is 7.82 Å². The lowest BCUT2D eigenvalue weighted by molar-refractivity contribution is -0.870. The molecule has 0 aromatic carbocycles. The fraction of sp³-hybridized carbons (Fsp3) is 0.681. The van der Waals surface area contributed by atoms with E-state index in [0.29, 0.717) is 23.9 Å². The largest absolute Gasteiger partial charge is 0.756 e. The number of quaternary nitrogens is 1. The molecule has 9 heteroatoms. The van der Waals surface area contributed by atoms with Crippen LogP contribution in [0, 0.1) is 0 Å². The van der Waals surface area contributed by atoms with Crippen molar-refractivity contribution in [3.63, 3.8) is 0 Å². The Kier molecular flexibility index (Phi) is 36.6. The molecule has 0 bridgehead atoms. The Morgan fingerprint density at radius 1 is 0.643 bits per heavy atom. The van der Waals surface area contributed by atoms with Crippen molar-refractivity contribution in [2.24, 2.45) is 0 Å². The number of hydrogen-bond donors (Lipinski definition) is 2. The second-order valence-corrected chi connectivity index (χ2v) is 17.1. The molecule has 322 valence electrons. The number of likely N-dealkylation sites (N-methyl/N-ethyl adjacent to an activating group) is 1. The number of allylic oxidation sites excluding steroid dienone is 14. The standard InChI is InChI=1S/C47H83N2O6P/c1-6-8-10-12-14-15-16-17-18-19-20-21-22-23-24-25-26-27-28-29-30-31-32-33-35-37-39-41-47(51)48-45(46(50)40-38-36-34-13-11-9-7-2)44-55-56(52,53)54-43-42-49(3,4)5/h8,10,14-15,17-18,20-21,23-24,26-27,29-30,45-46,50H,6-7,9,11-13,16,19,22,25,28,31-44H2,1-5H3,(H-,48,51,52,53)/b10-8-,15-14-,18-17-,21-20-,24-23-,27-26-,30-29-. The highest BCUT2D eigenvalue weighted by atomic mass is 31.2. The van der Waals surface area contributed by atoms with Crippen molar-refractivity contribution in [1.29, 1.82) is 0 Å². The molecule has 0 aromatic rings. The zero-order valence-electron chi connectivity index (χ0n) is 36.3. The normalized spacial score (nSPS) is 15.2. The predicted molar refractivity (Wildman–Crippen MR) is 237 cm³/mol. The first-order valence-electron chi connectivity index (χ1n) is 21.9. The molecule has 56 heavy (non-hydrogen) atoms. The van der Waals surface area contributed by atoms with E-state index in [-0.39, 0.29) is 19.1 Å². The molecule has 0 aromatic heterocycles. The Morgan fingerprint density at radius 2 is 1.09 bits per heavy atom. The van der Waals surface area contributed by atoms with E-state index in [4.69, 9.17) is 9.05 Å². The summed E-state index contributed by atoms with van der Waals surface area (Å²) < 4.78 is 23.1. The fourth-order valence-electron chi connectivity index (χ4n) is 5.66. The maximum absolute atomic E-state index is 12.8. The Labute approximate surface area is 344 Å². The van der Waals surface area contributed by atoms with Gasteiger partial charge in [-0.2, -0.15) is 0 Å². The van der Waals surface area contributed by atoms with Gasteiger partial charge in [-0.15, -0.1) is 0 Å². The van der Waals surface area contributed by atoms with Gasteiger partial charge in [0.25, 0.3) is 7.82 Å². The van der Waals surface area contributed by atoms with E-state index < -0.39 is 20.0 Å². The van der Waals surface area contributed by atoms with E-state index in [2.05, 4.69) is 104 Å². The van der Waals surface area contributed by atoms with Crippen LogP contribution in [0.25, 0.3) is 0 Å². The number of carbonyl (C=O) groups is 1. The summed E-state index contributed by atoms with van der Waals surface area (Å²) in [5.41, 5.74) is 0. The summed E-state index contributed by atoms with van der Waals surface area (Å²) in [6.45, 7) is 4.50. The van der Waals surface area contributed by atoms with Gasteiger partial charge in [0.15, 0.2) is 0 Å². The van der Waals surface area contributed by atoms with Crippen LogP contribution in [0.15, 0.2) is 85.1 Å². The molecule has 0 saturated heterocycles. The van der Waals surface area contributed by atoms with E-state index >= 15 is 0 Å². The Balaban J connectivity index is 4.22. The van der Waals surface area contributed by atoms with Crippen molar-refractivity contribution in [3.8, 4) is 0 Å². The molecule has 3 atom stereocenters. The van der Waals surface area contributed by atoms with Gasteiger partial charge in [0.1, 0.15) is 13.2 Å². The van der Waals surface area contributed by atoms with Crippen LogP contribution < -0.4 is 10.2 Å². The van der Waals surface area contributed by atoms with Crippen LogP contribution in [0.5, 0.6) is 0 Å². The molecule has 2 N–H and O–H groups in total. The van der Waals surface area contributed by atoms with Crippen molar-refractivity contribution in [1.82, 2.24) is 5.32 Å². The molecule has 0 spiro atoms. The molecular weight excluding hydrogens is 719 g/mol. The summed E-state index contributed by atoms with van der Waals surface area (Å²) >= 11 is 0. The molecular formula is C47H83N2O6P. The molecule has 1 amide bonds. The van der Waals surface area contributed by atoms with Crippen LogP contribution in [0.2, 0.25) is 0 Å². The van der Waals surface area contributed by atoms with Gasteiger partial charge in [-0.25, -0.2) is 0 Å². The molecule has 3 unspecified atom stereocenters. The third-order valence-corrected chi connectivity index (χ3v) is 10.1. The smallest absolute Gasteiger partial charge is 0.268 e. The lowest BCUT2D eigenvalue weighted by Gasteiger charge is -2.30. The van der Waals surface area contributed by atoms with E-state index in [1.165, 1.54) is 25.7 Å². The number of phosphoric ester groups is 1. The average Bonchev–Trinajstić information content (AvgIpc) is 3.15. The molecule has 0 saturated carbocycles. The summed E-state index contributed by atoms with van der Waals surface area (Å²) in [6.07, 6.45) is 51.8. The monoisotopic (exact) mass is 803 g/mol. The number of aliphatic hydroxyl groups excluding tert-OH is 1. The topological polar surface area (TPSA) is 108 Å². The SMILES string of the molecule is CC/C=C\C/C=C\C/C=C\C/C=C\C/C=C\C/C=C\C/C=C\CCCCCCCC(=O)NC(COP(=O)([O-])OCC[N+](C)(C)C)C(O)CCCCCCCCC. The van der Waals surface area contributed by atoms with Crippen molar-refractivity contribution in [2.75, 3.05) is 40.9 Å². The second kappa shape index (κ2) is 38.2. The summed E-state index contributed by atoms with van der Waals surface area (Å²) in [4.78, 5) is 25.2. The van der Waals surface area contributed by atoms with Crippen molar-refractivity contribution in [2.45, 2.75) is 167 Å². The number of nitrogens with zero attached hydrogens (tertiary/aromatic N) is 1. The van der Waals surface area contributed by atoms with E-state index in [1.807, 2.05) is 21.1 Å². The summed E-state index contributed by atoms with van der Waals surface area (Å²) in [5, 5.41) is 13.8. The van der Waals surface area contributed by atoms with Crippen LogP contribution in [0.1, 0.15) is 155 Å². The molecule has 0 aliphatic rings. The minimum atomic E-state index is -4.56. The first kappa shape index (κ1) is 53.7. The van der Waals surface area contributed by atoms with Gasteiger partial charge in [-0.05, 0) is 70.6 Å². The van der Waals surface area contributed by atoms with E-state index in [9.17, 15) is 19.4 Å². The Morgan fingerprint density at radius 3 is 1.59 bits per heavy atom. The van der Waals surface area contributed by atoms with Gasteiger partial charge in [-0.1, -0.05) is 163 Å². The van der Waals surface area contributed by atoms with Crippen LogP contribution in [-0.2, 0) is 18.4 Å². The molecule has 0 radical (unpaired) electrons. The highest BCUT2D eigenvalue weighted by Gasteiger charge is 2.24. The molecule has 0 aliphatic heterocycles. The average molecular weight is 803 g/mol. The minimum Gasteiger partial charge on any atom is -0.756 e. The quantitative estimate of drug-likeness (QED) is 0.0279. The van der Waals surface area contributed by atoms with Gasteiger partial charge in [0.05, 0.1) is 39.9 Å². The summed E-state index contributed by atoms with van der Waals surface area (Å²) in [6, 6.07) is -0.813. The number of nitrogens with one attached hydrogen (secondary N) is 1. The van der Waals surface area contributed by atoms with Gasteiger partial charge in [0.2, 0.25) is 5.91 Å². The maximum Gasteiger partial charge on any atom is 0.268 e.